The van der Waals surface area contributed by atoms with Crippen molar-refractivity contribution in [2.75, 3.05) is 19.0 Å². The molecule has 4 rings (SSSR count). The molecule has 0 bridgehead atoms. The lowest BCUT2D eigenvalue weighted by Gasteiger charge is -2.28. The van der Waals surface area contributed by atoms with Crippen molar-refractivity contribution in [3.05, 3.63) is 71.5 Å². The number of hydrogen-bond acceptors (Lipinski definition) is 4. The summed E-state index contributed by atoms with van der Waals surface area (Å²) < 4.78 is 5.20. The Morgan fingerprint density at radius 2 is 1.90 bits per heavy atom. The van der Waals surface area contributed by atoms with Crippen LogP contribution in [-0.4, -0.2) is 34.6 Å². The van der Waals surface area contributed by atoms with Gasteiger partial charge in [-0.2, -0.15) is 0 Å². The highest BCUT2D eigenvalue weighted by atomic mass is 16.5. The van der Waals surface area contributed by atoms with Gasteiger partial charge >= 0.3 is 6.03 Å². The highest BCUT2D eigenvalue weighted by molar-refractivity contribution is 5.89. The number of methoxy groups -OCH3 is 1. The Morgan fingerprint density at radius 1 is 1.14 bits per heavy atom. The molecule has 2 aromatic carbocycles. The average molecular weight is 388 g/mol. The van der Waals surface area contributed by atoms with Crippen LogP contribution >= 0.6 is 0 Å². The Morgan fingerprint density at radius 3 is 2.59 bits per heavy atom. The van der Waals surface area contributed by atoms with E-state index in [-0.39, 0.29) is 6.03 Å². The number of amides is 2. The van der Waals surface area contributed by atoms with Crippen LogP contribution in [0.1, 0.15) is 23.7 Å². The number of aryl methyl sites for hydroxylation is 1. The van der Waals surface area contributed by atoms with Crippen LogP contribution in [-0.2, 0) is 19.4 Å². The first kappa shape index (κ1) is 18.9. The molecule has 2 amide bonds. The van der Waals surface area contributed by atoms with Crippen molar-refractivity contribution in [3.63, 3.8) is 0 Å². The number of nitrogens with zero attached hydrogens (tertiary/aromatic N) is 3. The van der Waals surface area contributed by atoms with E-state index in [9.17, 15) is 4.79 Å². The summed E-state index contributed by atoms with van der Waals surface area (Å²) in [5, 5.41) is 2.98. The van der Waals surface area contributed by atoms with Gasteiger partial charge < -0.3 is 15.0 Å². The quantitative estimate of drug-likeness (QED) is 0.723. The normalized spacial score (nSPS) is 13.0. The molecule has 0 unspecified atom stereocenters. The molecular weight excluding hydrogens is 364 g/mol. The highest BCUT2D eigenvalue weighted by Gasteiger charge is 2.22. The fraction of sp³-hybridized carbons (Fsp3) is 0.261. The molecule has 1 aliphatic heterocycles. The van der Waals surface area contributed by atoms with Gasteiger partial charge in [-0.15, -0.1) is 0 Å². The largest absolute Gasteiger partial charge is 0.497 e. The maximum Gasteiger partial charge on any atom is 0.322 e. The number of aromatic nitrogens is 2. The summed E-state index contributed by atoms with van der Waals surface area (Å²) in [4.78, 5) is 23.7. The molecule has 0 radical (unpaired) electrons. The molecule has 1 aromatic heterocycles. The van der Waals surface area contributed by atoms with E-state index in [1.165, 1.54) is 5.56 Å². The Bertz CT molecular complexity index is 1000. The Hall–Kier alpha value is -3.41. The minimum atomic E-state index is -0.0980. The number of rotatable bonds is 4. The van der Waals surface area contributed by atoms with Crippen molar-refractivity contribution < 1.29 is 9.53 Å². The van der Waals surface area contributed by atoms with E-state index in [4.69, 9.17) is 9.72 Å². The van der Waals surface area contributed by atoms with E-state index >= 15 is 0 Å². The highest BCUT2D eigenvalue weighted by Crippen LogP contribution is 2.23. The lowest BCUT2D eigenvalue weighted by atomic mass is 10.1. The van der Waals surface area contributed by atoms with Gasteiger partial charge in [0.05, 0.1) is 19.3 Å². The number of carbonyl (C=O) groups excluding carboxylic acids is 1. The molecule has 3 aromatic rings. The van der Waals surface area contributed by atoms with Gasteiger partial charge in [-0.05, 0) is 48.4 Å². The van der Waals surface area contributed by atoms with Gasteiger partial charge in [0.2, 0.25) is 0 Å². The molecule has 2 heterocycles. The van der Waals surface area contributed by atoms with Gasteiger partial charge in [-0.3, -0.25) is 0 Å². The number of anilines is 1. The predicted molar refractivity (Wildman–Crippen MR) is 113 cm³/mol. The van der Waals surface area contributed by atoms with Crippen LogP contribution in [0.4, 0.5) is 10.5 Å². The molecule has 0 fully saturated rings. The second kappa shape index (κ2) is 8.31. The second-order valence-corrected chi connectivity index (χ2v) is 7.05. The van der Waals surface area contributed by atoms with E-state index in [0.717, 1.165) is 34.7 Å². The zero-order valence-corrected chi connectivity index (χ0v) is 16.7. The third-order valence-electron chi connectivity index (χ3n) is 5.18. The molecule has 0 spiro atoms. The fourth-order valence-electron chi connectivity index (χ4n) is 3.39. The van der Waals surface area contributed by atoms with Gasteiger partial charge in [0.15, 0.2) is 5.82 Å². The van der Waals surface area contributed by atoms with Crippen molar-refractivity contribution in [3.8, 4) is 17.1 Å². The molecule has 6 nitrogen and oxygen atoms in total. The molecule has 29 heavy (non-hydrogen) atoms. The first-order valence-corrected chi connectivity index (χ1v) is 9.80. The molecule has 1 N–H and O–H groups in total. The van der Waals surface area contributed by atoms with Crippen molar-refractivity contribution in [1.82, 2.24) is 14.9 Å². The maximum absolute atomic E-state index is 12.6. The first-order valence-electron chi connectivity index (χ1n) is 9.80. The minimum absolute atomic E-state index is 0.0980. The summed E-state index contributed by atoms with van der Waals surface area (Å²) in [5.74, 6) is 1.50. The van der Waals surface area contributed by atoms with Gasteiger partial charge in [0.1, 0.15) is 5.75 Å². The van der Waals surface area contributed by atoms with Crippen molar-refractivity contribution in [2.45, 2.75) is 26.3 Å². The van der Waals surface area contributed by atoms with Crippen molar-refractivity contribution in [2.24, 2.45) is 0 Å². The van der Waals surface area contributed by atoms with Gasteiger partial charge in [-0.1, -0.05) is 19.1 Å². The average Bonchev–Trinajstić information content (AvgIpc) is 2.79. The SMILES string of the molecule is CCc1ccc(NC(=O)N2CCc3nc(-c4ccc(OC)cc4)ncc3C2)cc1. The standard InChI is InChI=1S/C23H24N4O2/c1-3-16-4-8-19(9-5-16)25-23(28)27-13-12-21-18(15-27)14-24-22(26-21)17-6-10-20(29-2)11-7-17/h4-11,14H,3,12-13,15H2,1-2H3,(H,25,28). The van der Waals surface area contributed by atoms with Crippen LogP contribution < -0.4 is 10.1 Å². The Balaban J connectivity index is 1.44. The van der Waals surface area contributed by atoms with Crippen molar-refractivity contribution >= 4 is 11.7 Å². The fourth-order valence-corrected chi connectivity index (χ4v) is 3.39. The summed E-state index contributed by atoms with van der Waals surface area (Å²) in [5.41, 5.74) is 5.00. The minimum Gasteiger partial charge on any atom is -0.497 e. The molecule has 1 aliphatic rings. The number of hydrogen-bond donors (Lipinski definition) is 1. The third kappa shape index (κ3) is 4.21. The summed E-state index contributed by atoms with van der Waals surface area (Å²) >= 11 is 0. The zero-order valence-electron chi connectivity index (χ0n) is 16.7. The summed E-state index contributed by atoms with van der Waals surface area (Å²) in [7, 11) is 1.65. The lowest BCUT2D eigenvalue weighted by Crippen LogP contribution is -2.39. The third-order valence-corrected chi connectivity index (χ3v) is 5.18. The van der Waals surface area contributed by atoms with E-state index in [1.807, 2.05) is 54.7 Å². The van der Waals surface area contributed by atoms with Crippen LogP contribution in [0.15, 0.2) is 54.7 Å². The monoisotopic (exact) mass is 388 g/mol. The van der Waals surface area contributed by atoms with Gasteiger partial charge in [-0.25, -0.2) is 14.8 Å². The Labute approximate surface area is 170 Å². The van der Waals surface area contributed by atoms with Gasteiger partial charge in [0.25, 0.3) is 0 Å². The van der Waals surface area contributed by atoms with Crippen molar-refractivity contribution in [1.29, 1.82) is 0 Å². The second-order valence-electron chi connectivity index (χ2n) is 7.05. The van der Waals surface area contributed by atoms with Crippen LogP contribution in [0, 0.1) is 0 Å². The maximum atomic E-state index is 12.6. The van der Waals surface area contributed by atoms with Gasteiger partial charge in [0, 0.05) is 36.0 Å². The topological polar surface area (TPSA) is 67.4 Å². The number of fused-ring (bicyclic) bond motifs is 1. The van der Waals surface area contributed by atoms with E-state index in [1.54, 1.807) is 12.0 Å². The summed E-state index contributed by atoms with van der Waals surface area (Å²) in [6.45, 7) is 3.25. The molecule has 0 aliphatic carbocycles. The summed E-state index contributed by atoms with van der Waals surface area (Å²) in [6.07, 6.45) is 3.52. The number of nitrogens with one attached hydrogen (secondary N) is 1. The number of urea groups is 1. The molecular formula is C23H24N4O2. The Kier molecular flexibility index (Phi) is 5.42. The van der Waals surface area contributed by atoms with Crippen LogP contribution in [0.25, 0.3) is 11.4 Å². The first-order chi connectivity index (χ1) is 14.2. The zero-order chi connectivity index (χ0) is 20.2. The summed E-state index contributed by atoms with van der Waals surface area (Å²) in [6, 6.07) is 15.6. The van der Waals surface area contributed by atoms with Crippen LogP contribution in [0.2, 0.25) is 0 Å². The number of ether oxygens (including phenoxy) is 1. The molecule has 0 saturated heterocycles. The van der Waals surface area contributed by atoms with E-state index < -0.39 is 0 Å². The smallest absolute Gasteiger partial charge is 0.322 e. The molecule has 0 saturated carbocycles. The van der Waals surface area contributed by atoms with E-state index in [0.29, 0.717) is 25.3 Å². The van der Waals surface area contributed by atoms with Crippen LogP contribution in [0.3, 0.4) is 0 Å². The molecule has 148 valence electrons. The number of carbonyl (C=O) groups is 1. The lowest BCUT2D eigenvalue weighted by molar-refractivity contribution is 0.206. The number of benzene rings is 2. The molecule has 6 heteroatoms. The van der Waals surface area contributed by atoms with Crippen LogP contribution in [0.5, 0.6) is 5.75 Å². The van der Waals surface area contributed by atoms with E-state index in [2.05, 4.69) is 17.2 Å². The molecule has 0 atom stereocenters. The predicted octanol–water partition coefficient (Wildman–Crippen LogP) is 4.30.